The average molecular weight is 341 g/mol. The van der Waals surface area contributed by atoms with E-state index in [1.54, 1.807) is 19.1 Å². The molecule has 1 aliphatic rings. The van der Waals surface area contributed by atoms with Crippen molar-refractivity contribution < 1.29 is 28.9 Å². The Morgan fingerprint density at radius 3 is 2.96 bits per heavy atom. The lowest BCUT2D eigenvalue weighted by Gasteiger charge is -2.44. The van der Waals surface area contributed by atoms with E-state index in [0.717, 1.165) is 0 Å². The lowest BCUT2D eigenvalue weighted by atomic mass is 9.82. The number of aliphatic hydroxyl groups is 2. The summed E-state index contributed by atoms with van der Waals surface area (Å²) in [5.41, 5.74) is -0.977. The Bertz CT molecular complexity index is 570. The Labute approximate surface area is 140 Å². The molecule has 0 aromatic heterocycles. The SMILES string of the molecule is COCCC(=O)NC[C@]1(O)C[C@H](c2cccc(F)c2)O[C@H](C)[C@H]1O. The molecule has 6 nitrogen and oxygen atoms in total. The van der Waals surface area contributed by atoms with E-state index in [1.807, 2.05) is 0 Å². The average Bonchev–Trinajstić information content (AvgIpc) is 2.56. The molecule has 1 aromatic rings. The maximum atomic E-state index is 13.4. The first-order chi connectivity index (χ1) is 11.4. The van der Waals surface area contributed by atoms with Crippen LogP contribution >= 0.6 is 0 Å². The number of ether oxygens (including phenoxy) is 2. The van der Waals surface area contributed by atoms with Crippen LogP contribution in [0.1, 0.15) is 31.4 Å². The van der Waals surface area contributed by atoms with Crippen molar-refractivity contribution in [2.75, 3.05) is 20.3 Å². The molecule has 0 bridgehead atoms. The van der Waals surface area contributed by atoms with Gasteiger partial charge >= 0.3 is 0 Å². The van der Waals surface area contributed by atoms with Gasteiger partial charge in [0.05, 0.1) is 18.8 Å². The van der Waals surface area contributed by atoms with Gasteiger partial charge < -0.3 is 25.0 Å². The van der Waals surface area contributed by atoms with Crippen LogP contribution in [0.2, 0.25) is 0 Å². The first-order valence-corrected chi connectivity index (χ1v) is 7.93. The van der Waals surface area contributed by atoms with Gasteiger partial charge in [-0.2, -0.15) is 0 Å². The van der Waals surface area contributed by atoms with Crippen LogP contribution in [0.15, 0.2) is 24.3 Å². The number of hydrogen-bond donors (Lipinski definition) is 3. The fourth-order valence-corrected chi connectivity index (χ4v) is 2.88. The Kier molecular flexibility index (Phi) is 6.28. The summed E-state index contributed by atoms with van der Waals surface area (Å²) >= 11 is 0. The molecule has 0 radical (unpaired) electrons. The lowest BCUT2D eigenvalue weighted by molar-refractivity contribution is -0.211. The normalized spacial score (nSPS) is 30.1. The number of aliphatic hydroxyl groups excluding tert-OH is 1. The summed E-state index contributed by atoms with van der Waals surface area (Å²) in [7, 11) is 1.49. The fourth-order valence-electron chi connectivity index (χ4n) is 2.88. The highest BCUT2D eigenvalue weighted by molar-refractivity contribution is 5.76. The van der Waals surface area contributed by atoms with Crippen LogP contribution in [0.3, 0.4) is 0 Å². The Morgan fingerprint density at radius 2 is 2.29 bits per heavy atom. The second kappa shape index (κ2) is 8.02. The van der Waals surface area contributed by atoms with E-state index in [2.05, 4.69) is 5.32 Å². The van der Waals surface area contributed by atoms with Gasteiger partial charge in [-0.15, -0.1) is 0 Å². The van der Waals surface area contributed by atoms with Crippen LogP contribution in [0, 0.1) is 5.82 Å². The second-order valence-corrected chi connectivity index (χ2v) is 6.16. The second-order valence-electron chi connectivity index (χ2n) is 6.16. The van der Waals surface area contributed by atoms with Gasteiger partial charge in [-0.05, 0) is 24.6 Å². The van der Waals surface area contributed by atoms with E-state index in [9.17, 15) is 19.4 Å². The molecule has 1 aliphatic heterocycles. The number of nitrogens with one attached hydrogen (secondary N) is 1. The van der Waals surface area contributed by atoms with Crippen molar-refractivity contribution in [1.82, 2.24) is 5.32 Å². The third-order valence-electron chi connectivity index (χ3n) is 4.26. The highest BCUT2D eigenvalue weighted by Crippen LogP contribution is 2.37. The van der Waals surface area contributed by atoms with Crippen molar-refractivity contribution in [3.8, 4) is 0 Å². The molecular formula is C17H24FNO5. The maximum absolute atomic E-state index is 13.4. The van der Waals surface area contributed by atoms with Gasteiger partial charge in [-0.25, -0.2) is 4.39 Å². The highest BCUT2D eigenvalue weighted by Gasteiger charge is 2.47. The minimum atomic E-state index is -1.56. The van der Waals surface area contributed by atoms with Gasteiger partial charge in [0, 0.05) is 26.5 Å². The van der Waals surface area contributed by atoms with E-state index in [-0.39, 0.29) is 31.9 Å². The first-order valence-electron chi connectivity index (χ1n) is 7.93. The molecule has 24 heavy (non-hydrogen) atoms. The number of hydrogen-bond acceptors (Lipinski definition) is 5. The number of benzene rings is 1. The zero-order valence-electron chi connectivity index (χ0n) is 13.9. The molecule has 0 aliphatic carbocycles. The number of halogens is 1. The smallest absolute Gasteiger partial charge is 0.222 e. The molecule has 1 aromatic carbocycles. The fraction of sp³-hybridized carbons (Fsp3) is 0.588. The minimum absolute atomic E-state index is 0.0481. The van der Waals surface area contributed by atoms with Crippen molar-refractivity contribution >= 4 is 5.91 Å². The Morgan fingerprint density at radius 1 is 1.54 bits per heavy atom. The van der Waals surface area contributed by atoms with Crippen LogP contribution in [0.5, 0.6) is 0 Å². The molecule has 0 unspecified atom stereocenters. The molecule has 7 heteroatoms. The monoisotopic (exact) mass is 341 g/mol. The van der Waals surface area contributed by atoms with Gasteiger partial charge in [-0.3, -0.25) is 4.79 Å². The molecular weight excluding hydrogens is 317 g/mol. The summed E-state index contributed by atoms with van der Waals surface area (Å²) in [5, 5.41) is 23.7. The van der Waals surface area contributed by atoms with Crippen molar-refractivity contribution in [2.45, 2.75) is 43.7 Å². The van der Waals surface area contributed by atoms with E-state index < -0.39 is 29.7 Å². The summed E-state index contributed by atoms with van der Waals surface area (Å²) in [5.74, 6) is -0.676. The minimum Gasteiger partial charge on any atom is -0.387 e. The predicted molar refractivity (Wildman–Crippen MR) is 84.8 cm³/mol. The maximum Gasteiger partial charge on any atom is 0.222 e. The molecule has 1 saturated heterocycles. The molecule has 2 rings (SSSR count). The van der Waals surface area contributed by atoms with Crippen molar-refractivity contribution in [2.24, 2.45) is 0 Å². The van der Waals surface area contributed by atoms with E-state index in [0.29, 0.717) is 5.56 Å². The highest BCUT2D eigenvalue weighted by atomic mass is 19.1. The van der Waals surface area contributed by atoms with Crippen LogP contribution in [-0.2, 0) is 14.3 Å². The van der Waals surface area contributed by atoms with Crippen molar-refractivity contribution in [3.63, 3.8) is 0 Å². The molecule has 4 atom stereocenters. The summed E-state index contributed by atoms with van der Waals surface area (Å²) in [6.45, 7) is 1.79. The Hall–Kier alpha value is -1.54. The lowest BCUT2D eigenvalue weighted by Crippen LogP contribution is -2.59. The number of amides is 1. The number of methoxy groups -OCH3 is 1. The molecule has 1 fully saturated rings. The van der Waals surface area contributed by atoms with Crippen LogP contribution < -0.4 is 5.32 Å². The summed E-state index contributed by atoms with van der Waals surface area (Å²) in [4.78, 5) is 11.7. The summed E-state index contributed by atoms with van der Waals surface area (Å²) < 4.78 is 23.9. The van der Waals surface area contributed by atoms with Gasteiger partial charge in [0.1, 0.15) is 17.5 Å². The van der Waals surface area contributed by atoms with Gasteiger partial charge in [0.2, 0.25) is 5.91 Å². The van der Waals surface area contributed by atoms with Crippen molar-refractivity contribution in [1.29, 1.82) is 0 Å². The van der Waals surface area contributed by atoms with Crippen LogP contribution in [-0.4, -0.2) is 54.2 Å². The van der Waals surface area contributed by atoms with Gasteiger partial charge in [0.15, 0.2) is 0 Å². The van der Waals surface area contributed by atoms with Gasteiger partial charge in [0.25, 0.3) is 0 Å². The molecule has 3 N–H and O–H groups in total. The van der Waals surface area contributed by atoms with E-state index in [4.69, 9.17) is 9.47 Å². The third-order valence-corrected chi connectivity index (χ3v) is 4.26. The summed E-state index contributed by atoms with van der Waals surface area (Å²) in [6.07, 6.45) is -2.17. The van der Waals surface area contributed by atoms with Crippen LogP contribution in [0.4, 0.5) is 4.39 Å². The molecule has 1 heterocycles. The quantitative estimate of drug-likeness (QED) is 0.716. The Balaban J connectivity index is 2.07. The first kappa shape index (κ1) is 18.8. The summed E-state index contributed by atoms with van der Waals surface area (Å²) in [6, 6.07) is 5.94. The molecule has 0 spiro atoms. The van der Waals surface area contributed by atoms with Gasteiger partial charge in [-0.1, -0.05) is 12.1 Å². The number of carbonyl (C=O) groups is 1. The molecule has 1 amide bonds. The zero-order valence-corrected chi connectivity index (χ0v) is 13.9. The largest absolute Gasteiger partial charge is 0.387 e. The molecule has 134 valence electrons. The zero-order chi connectivity index (χ0) is 17.7. The molecule has 0 saturated carbocycles. The van der Waals surface area contributed by atoms with Crippen LogP contribution in [0.25, 0.3) is 0 Å². The topological polar surface area (TPSA) is 88.0 Å². The third kappa shape index (κ3) is 4.51. The predicted octanol–water partition coefficient (Wildman–Crippen LogP) is 0.920. The van der Waals surface area contributed by atoms with E-state index >= 15 is 0 Å². The number of carbonyl (C=O) groups excluding carboxylic acids is 1. The number of rotatable bonds is 6. The van der Waals surface area contributed by atoms with Crippen molar-refractivity contribution in [3.05, 3.63) is 35.6 Å². The van der Waals surface area contributed by atoms with E-state index in [1.165, 1.54) is 19.2 Å². The standard InChI is InChI=1S/C17H24FNO5/c1-11-16(21)17(22,10-19-15(20)6-7-23-2)9-14(24-11)12-4-3-5-13(18)8-12/h3-5,8,11,14,16,21-22H,6-7,9-10H2,1-2H3,(H,19,20)/t11-,14-,16-,17-/m1/s1.